The van der Waals surface area contributed by atoms with Crippen molar-refractivity contribution < 1.29 is 14.3 Å². The van der Waals surface area contributed by atoms with Gasteiger partial charge in [0.25, 0.3) is 0 Å². The first-order valence-corrected chi connectivity index (χ1v) is 7.44. The van der Waals surface area contributed by atoms with Crippen LogP contribution in [0.3, 0.4) is 0 Å². The van der Waals surface area contributed by atoms with Crippen molar-refractivity contribution in [3.05, 3.63) is 34.1 Å². The summed E-state index contributed by atoms with van der Waals surface area (Å²) in [5.74, 6) is -0.992. The van der Waals surface area contributed by atoms with Gasteiger partial charge in [0.05, 0.1) is 6.42 Å². The van der Waals surface area contributed by atoms with Crippen molar-refractivity contribution >= 4 is 17.6 Å². The van der Waals surface area contributed by atoms with E-state index in [1.807, 2.05) is 0 Å². The Morgan fingerprint density at radius 1 is 1.29 bits per heavy atom. The number of aryl methyl sites for hydroxylation is 1. The van der Waals surface area contributed by atoms with Crippen LogP contribution in [0.4, 0.5) is 4.39 Å². The van der Waals surface area contributed by atoms with Crippen molar-refractivity contribution in [1.29, 1.82) is 0 Å². The fraction of sp³-hybridized carbons (Fsp3) is 0.533. The second-order valence-electron chi connectivity index (χ2n) is 5.45. The van der Waals surface area contributed by atoms with Crippen LogP contribution in [-0.4, -0.2) is 53.6 Å². The fourth-order valence-corrected chi connectivity index (χ4v) is 2.75. The van der Waals surface area contributed by atoms with Crippen molar-refractivity contribution in [1.82, 2.24) is 9.80 Å². The Kier molecular flexibility index (Phi) is 5.56. The highest BCUT2D eigenvalue weighted by Gasteiger charge is 2.18. The molecule has 6 heteroatoms. The molecule has 1 fully saturated rings. The molecule has 2 rings (SSSR count). The zero-order valence-electron chi connectivity index (χ0n) is 12.1. The van der Waals surface area contributed by atoms with Crippen LogP contribution in [0, 0.1) is 12.7 Å². The Balaban J connectivity index is 1.86. The van der Waals surface area contributed by atoms with Crippen LogP contribution in [-0.2, 0) is 11.3 Å². The van der Waals surface area contributed by atoms with E-state index in [-0.39, 0.29) is 12.2 Å². The van der Waals surface area contributed by atoms with E-state index >= 15 is 0 Å². The Morgan fingerprint density at radius 2 is 1.90 bits per heavy atom. The number of nitrogens with zero attached hydrogens (tertiary/aromatic N) is 2. The predicted molar refractivity (Wildman–Crippen MR) is 80.1 cm³/mol. The van der Waals surface area contributed by atoms with Gasteiger partial charge in [-0.3, -0.25) is 9.69 Å². The van der Waals surface area contributed by atoms with Gasteiger partial charge in [0.15, 0.2) is 0 Å². The molecule has 0 atom stereocenters. The third-order valence-corrected chi connectivity index (χ3v) is 4.18. The summed E-state index contributed by atoms with van der Waals surface area (Å²) < 4.78 is 13.6. The maximum Gasteiger partial charge on any atom is 0.304 e. The van der Waals surface area contributed by atoms with Crippen LogP contribution >= 0.6 is 11.6 Å². The molecule has 116 valence electrons. The van der Waals surface area contributed by atoms with E-state index in [9.17, 15) is 9.18 Å². The second kappa shape index (κ2) is 7.20. The van der Waals surface area contributed by atoms with E-state index in [1.165, 1.54) is 6.07 Å². The molecule has 0 amide bonds. The van der Waals surface area contributed by atoms with E-state index < -0.39 is 5.97 Å². The zero-order chi connectivity index (χ0) is 15.4. The van der Waals surface area contributed by atoms with Crippen LogP contribution in [0.2, 0.25) is 5.02 Å². The van der Waals surface area contributed by atoms with Gasteiger partial charge in [0.1, 0.15) is 5.82 Å². The first-order chi connectivity index (χ1) is 9.95. The minimum atomic E-state index is -0.764. The van der Waals surface area contributed by atoms with Gasteiger partial charge in [-0.05, 0) is 30.2 Å². The molecule has 0 aromatic heterocycles. The van der Waals surface area contributed by atoms with Gasteiger partial charge in [-0.25, -0.2) is 4.39 Å². The monoisotopic (exact) mass is 314 g/mol. The molecule has 0 saturated carbocycles. The van der Waals surface area contributed by atoms with Gasteiger partial charge in [-0.15, -0.1) is 0 Å². The summed E-state index contributed by atoms with van der Waals surface area (Å²) in [6.45, 7) is 6.26. The van der Waals surface area contributed by atoms with Crippen LogP contribution in [0.25, 0.3) is 0 Å². The van der Waals surface area contributed by atoms with Crippen LogP contribution < -0.4 is 0 Å². The molecule has 0 bridgehead atoms. The van der Waals surface area contributed by atoms with E-state index in [2.05, 4.69) is 9.80 Å². The van der Waals surface area contributed by atoms with Crippen LogP contribution in [0.15, 0.2) is 12.1 Å². The lowest BCUT2D eigenvalue weighted by atomic mass is 10.1. The topological polar surface area (TPSA) is 43.8 Å². The molecule has 0 radical (unpaired) electrons. The van der Waals surface area contributed by atoms with Crippen LogP contribution in [0.5, 0.6) is 0 Å². The lowest BCUT2D eigenvalue weighted by molar-refractivity contribution is -0.137. The molecule has 1 N–H and O–H groups in total. The number of hydrogen-bond donors (Lipinski definition) is 1. The maximum atomic E-state index is 13.6. The van der Waals surface area contributed by atoms with Crippen molar-refractivity contribution in [2.75, 3.05) is 32.7 Å². The first kappa shape index (κ1) is 16.2. The van der Waals surface area contributed by atoms with Crippen molar-refractivity contribution in [3.63, 3.8) is 0 Å². The molecular weight excluding hydrogens is 295 g/mol. The molecule has 1 heterocycles. The number of aliphatic carboxylic acids is 1. The van der Waals surface area contributed by atoms with E-state index in [1.54, 1.807) is 13.0 Å². The fourth-order valence-electron chi connectivity index (χ4n) is 2.47. The number of carboxylic acids is 1. The first-order valence-electron chi connectivity index (χ1n) is 7.06. The number of benzene rings is 1. The molecule has 0 aliphatic carbocycles. The number of halogens is 2. The summed E-state index contributed by atoms with van der Waals surface area (Å²) in [5, 5.41) is 9.28. The third-order valence-electron chi connectivity index (χ3n) is 3.83. The highest BCUT2D eigenvalue weighted by molar-refractivity contribution is 6.31. The van der Waals surface area contributed by atoms with E-state index in [0.717, 1.165) is 31.7 Å². The summed E-state index contributed by atoms with van der Waals surface area (Å²) in [5.41, 5.74) is 1.36. The van der Waals surface area contributed by atoms with Gasteiger partial charge < -0.3 is 10.0 Å². The van der Waals surface area contributed by atoms with Gasteiger partial charge in [-0.2, -0.15) is 0 Å². The molecule has 0 unspecified atom stereocenters. The summed E-state index contributed by atoms with van der Waals surface area (Å²) in [6.07, 6.45) is 0.176. The highest BCUT2D eigenvalue weighted by atomic mass is 35.5. The molecule has 1 aromatic carbocycles. The smallest absolute Gasteiger partial charge is 0.304 e. The summed E-state index contributed by atoms with van der Waals surface area (Å²) in [6, 6.07) is 3.17. The van der Waals surface area contributed by atoms with Gasteiger partial charge in [-0.1, -0.05) is 11.6 Å². The minimum absolute atomic E-state index is 0.176. The predicted octanol–water partition coefficient (Wildman–Crippen LogP) is 2.38. The maximum absolute atomic E-state index is 13.6. The summed E-state index contributed by atoms with van der Waals surface area (Å²) in [7, 11) is 0. The largest absolute Gasteiger partial charge is 0.481 e. The second-order valence-corrected chi connectivity index (χ2v) is 5.86. The third kappa shape index (κ3) is 4.66. The number of carbonyl (C=O) groups is 1. The Bertz CT molecular complexity index is 517. The molecule has 0 spiro atoms. The standard InChI is InChI=1S/C15H20ClFN2O2/c1-11-8-13(16)12(9-14(11)17)10-19-6-4-18(5-7-19)3-2-15(20)21/h8-9H,2-7,10H2,1H3,(H,20,21). The lowest BCUT2D eigenvalue weighted by Crippen LogP contribution is -2.46. The number of hydrogen-bond acceptors (Lipinski definition) is 3. The Morgan fingerprint density at radius 3 is 2.52 bits per heavy atom. The molecule has 21 heavy (non-hydrogen) atoms. The summed E-state index contributed by atoms with van der Waals surface area (Å²) in [4.78, 5) is 14.9. The average molecular weight is 315 g/mol. The van der Waals surface area contributed by atoms with Gasteiger partial charge >= 0.3 is 5.97 Å². The molecule has 1 aliphatic heterocycles. The molecular formula is C15H20ClFN2O2. The minimum Gasteiger partial charge on any atom is -0.481 e. The van der Waals surface area contributed by atoms with Crippen molar-refractivity contribution in [2.24, 2.45) is 0 Å². The van der Waals surface area contributed by atoms with Gasteiger partial charge in [0.2, 0.25) is 0 Å². The van der Waals surface area contributed by atoms with E-state index in [4.69, 9.17) is 16.7 Å². The SMILES string of the molecule is Cc1cc(Cl)c(CN2CCN(CCC(=O)O)CC2)cc1F. The van der Waals surface area contributed by atoms with E-state index in [0.29, 0.717) is 23.7 Å². The molecule has 1 aromatic rings. The lowest BCUT2D eigenvalue weighted by Gasteiger charge is -2.34. The zero-order valence-corrected chi connectivity index (χ0v) is 12.9. The van der Waals surface area contributed by atoms with Crippen LogP contribution in [0.1, 0.15) is 17.5 Å². The quantitative estimate of drug-likeness (QED) is 0.906. The number of piperazine rings is 1. The Hall–Kier alpha value is -1.17. The van der Waals surface area contributed by atoms with Crippen molar-refractivity contribution in [2.45, 2.75) is 19.9 Å². The highest BCUT2D eigenvalue weighted by Crippen LogP contribution is 2.22. The average Bonchev–Trinajstić information content (AvgIpc) is 2.44. The normalized spacial score (nSPS) is 17.1. The van der Waals surface area contributed by atoms with Gasteiger partial charge in [0, 0.05) is 44.3 Å². The molecule has 1 aliphatic rings. The molecule has 1 saturated heterocycles. The molecule has 4 nitrogen and oxygen atoms in total. The summed E-state index contributed by atoms with van der Waals surface area (Å²) >= 11 is 6.16. The number of rotatable bonds is 5. The number of carboxylic acid groups (broad SMARTS) is 1. The Labute approximate surface area is 129 Å². The van der Waals surface area contributed by atoms with Crippen molar-refractivity contribution in [3.8, 4) is 0 Å².